The minimum atomic E-state index is -1.36. The molecule has 21 heavy (non-hydrogen) atoms. The average Bonchev–Trinajstić information content (AvgIpc) is 2.88. The first kappa shape index (κ1) is 15.7. The number of aliphatic carboxylic acids is 1. The highest BCUT2D eigenvalue weighted by molar-refractivity contribution is 6.29. The number of ether oxygens (including phenoxy) is 1. The summed E-state index contributed by atoms with van der Waals surface area (Å²) in [5.41, 5.74) is -0.342. The Balaban J connectivity index is 2.21. The number of carboxylic acid groups (broad SMARTS) is 1. The van der Waals surface area contributed by atoms with E-state index in [0.29, 0.717) is 24.3 Å². The Labute approximate surface area is 127 Å². The molecule has 1 aliphatic heterocycles. The van der Waals surface area contributed by atoms with Gasteiger partial charge in [-0.2, -0.15) is 0 Å². The second-order valence-corrected chi connectivity index (χ2v) is 5.45. The van der Waals surface area contributed by atoms with E-state index in [0.717, 1.165) is 6.42 Å². The van der Waals surface area contributed by atoms with Crippen LogP contribution in [0.15, 0.2) is 12.1 Å². The van der Waals surface area contributed by atoms with Crippen molar-refractivity contribution in [2.24, 2.45) is 0 Å². The van der Waals surface area contributed by atoms with E-state index in [1.807, 2.05) is 6.92 Å². The zero-order valence-corrected chi connectivity index (χ0v) is 12.4. The van der Waals surface area contributed by atoms with E-state index in [-0.39, 0.29) is 18.2 Å². The number of nitrogens with zero attached hydrogens (tertiary/aromatic N) is 1. The Hall–Kier alpha value is -1.66. The van der Waals surface area contributed by atoms with Gasteiger partial charge in [0.15, 0.2) is 5.54 Å². The van der Waals surface area contributed by atoms with E-state index >= 15 is 0 Å². The summed E-state index contributed by atoms with van der Waals surface area (Å²) in [6.45, 7) is 2.27. The fourth-order valence-electron chi connectivity index (χ4n) is 2.24. The Morgan fingerprint density at radius 3 is 2.86 bits per heavy atom. The molecule has 1 aromatic rings. The van der Waals surface area contributed by atoms with Gasteiger partial charge in [0.05, 0.1) is 6.61 Å². The van der Waals surface area contributed by atoms with Gasteiger partial charge in [0, 0.05) is 24.3 Å². The van der Waals surface area contributed by atoms with E-state index in [2.05, 4.69) is 10.3 Å². The maximum absolute atomic E-state index is 12.3. The Bertz CT molecular complexity index is 556. The summed E-state index contributed by atoms with van der Waals surface area (Å²) in [5, 5.41) is 12.1. The first-order valence-electron chi connectivity index (χ1n) is 6.77. The minimum absolute atomic E-state index is 0.0330. The fraction of sp³-hybridized carbons (Fsp3) is 0.500. The SMILES string of the molecule is CCCc1cc(C(=O)NC2(C(=O)O)CCOC2)cc(Cl)n1. The Kier molecular flexibility index (Phi) is 4.80. The Morgan fingerprint density at radius 1 is 1.52 bits per heavy atom. The number of carbonyl (C=O) groups is 2. The van der Waals surface area contributed by atoms with Crippen molar-refractivity contribution in [3.63, 3.8) is 0 Å². The molecule has 1 unspecified atom stereocenters. The average molecular weight is 313 g/mol. The highest BCUT2D eigenvalue weighted by atomic mass is 35.5. The number of nitrogens with one attached hydrogen (secondary N) is 1. The van der Waals surface area contributed by atoms with Crippen LogP contribution in [0.25, 0.3) is 0 Å². The Morgan fingerprint density at radius 2 is 2.29 bits per heavy atom. The van der Waals surface area contributed by atoms with Crippen molar-refractivity contribution in [3.05, 3.63) is 28.5 Å². The summed E-state index contributed by atoms with van der Waals surface area (Å²) in [4.78, 5) is 27.8. The number of rotatable bonds is 5. The van der Waals surface area contributed by atoms with E-state index in [1.54, 1.807) is 6.07 Å². The van der Waals surface area contributed by atoms with Gasteiger partial charge in [-0.25, -0.2) is 9.78 Å². The zero-order valence-electron chi connectivity index (χ0n) is 11.7. The van der Waals surface area contributed by atoms with Crippen molar-refractivity contribution in [2.75, 3.05) is 13.2 Å². The molecular formula is C14H17ClN2O4. The van der Waals surface area contributed by atoms with Crippen LogP contribution in [0.3, 0.4) is 0 Å². The second-order valence-electron chi connectivity index (χ2n) is 5.06. The van der Waals surface area contributed by atoms with Gasteiger partial charge >= 0.3 is 5.97 Å². The van der Waals surface area contributed by atoms with Crippen LogP contribution in [0.2, 0.25) is 5.15 Å². The quantitative estimate of drug-likeness (QED) is 0.807. The lowest BCUT2D eigenvalue weighted by Gasteiger charge is -2.23. The molecule has 1 fully saturated rings. The predicted molar refractivity (Wildman–Crippen MR) is 76.5 cm³/mol. The number of aryl methyl sites for hydroxylation is 1. The number of halogens is 1. The summed E-state index contributed by atoms with van der Waals surface area (Å²) in [6.07, 6.45) is 1.82. The van der Waals surface area contributed by atoms with E-state index in [1.165, 1.54) is 6.07 Å². The van der Waals surface area contributed by atoms with Crippen LogP contribution >= 0.6 is 11.6 Å². The molecule has 1 amide bonds. The van der Waals surface area contributed by atoms with Crippen molar-refractivity contribution in [1.29, 1.82) is 0 Å². The number of carbonyl (C=O) groups excluding carboxylic acids is 1. The lowest BCUT2D eigenvalue weighted by atomic mass is 9.98. The number of carboxylic acids is 1. The molecule has 114 valence electrons. The van der Waals surface area contributed by atoms with Crippen molar-refractivity contribution >= 4 is 23.5 Å². The number of pyridine rings is 1. The van der Waals surface area contributed by atoms with Crippen LogP contribution in [0.1, 0.15) is 35.8 Å². The molecular weight excluding hydrogens is 296 g/mol. The highest BCUT2D eigenvalue weighted by Gasteiger charge is 2.44. The molecule has 0 spiro atoms. The van der Waals surface area contributed by atoms with Crippen molar-refractivity contribution in [3.8, 4) is 0 Å². The molecule has 0 bridgehead atoms. The maximum Gasteiger partial charge on any atom is 0.331 e. The van der Waals surface area contributed by atoms with Gasteiger partial charge in [-0.1, -0.05) is 24.9 Å². The molecule has 0 saturated carbocycles. The summed E-state index contributed by atoms with van der Waals surface area (Å²) in [7, 11) is 0. The summed E-state index contributed by atoms with van der Waals surface area (Å²) in [6, 6.07) is 3.07. The van der Waals surface area contributed by atoms with Gasteiger partial charge in [-0.05, 0) is 18.6 Å². The van der Waals surface area contributed by atoms with Gasteiger partial charge in [-0.3, -0.25) is 4.79 Å². The third-order valence-electron chi connectivity index (χ3n) is 3.40. The number of aromatic nitrogens is 1. The molecule has 2 rings (SSSR count). The normalized spacial score (nSPS) is 21.2. The van der Waals surface area contributed by atoms with E-state index in [9.17, 15) is 14.7 Å². The van der Waals surface area contributed by atoms with Crippen LogP contribution in [-0.2, 0) is 16.0 Å². The van der Waals surface area contributed by atoms with Gasteiger partial charge in [0.2, 0.25) is 0 Å². The molecule has 1 aromatic heterocycles. The monoisotopic (exact) mass is 312 g/mol. The molecule has 1 saturated heterocycles. The number of hydrogen-bond donors (Lipinski definition) is 2. The molecule has 1 atom stereocenters. The van der Waals surface area contributed by atoms with E-state index < -0.39 is 17.4 Å². The first-order valence-corrected chi connectivity index (χ1v) is 7.15. The van der Waals surface area contributed by atoms with Crippen molar-refractivity contribution in [2.45, 2.75) is 31.7 Å². The van der Waals surface area contributed by atoms with Crippen LogP contribution in [0, 0.1) is 0 Å². The largest absolute Gasteiger partial charge is 0.479 e. The lowest BCUT2D eigenvalue weighted by Crippen LogP contribution is -2.55. The smallest absolute Gasteiger partial charge is 0.331 e. The topological polar surface area (TPSA) is 88.5 Å². The molecule has 1 aliphatic rings. The minimum Gasteiger partial charge on any atom is -0.479 e. The highest BCUT2D eigenvalue weighted by Crippen LogP contribution is 2.20. The molecule has 0 aromatic carbocycles. The molecule has 2 N–H and O–H groups in total. The summed E-state index contributed by atoms with van der Waals surface area (Å²) in [5.74, 6) is -1.58. The van der Waals surface area contributed by atoms with Gasteiger partial charge in [0.25, 0.3) is 5.91 Å². The molecule has 7 heteroatoms. The van der Waals surface area contributed by atoms with E-state index in [4.69, 9.17) is 16.3 Å². The van der Waals surface area contributed by atoms with Crippen LogP contribution in [0.5, 0.6) is 0 Å². The zero-order chi connectivity index (χ0) is 15.5. The van der Waals surface area contributed by atoms with Gasteiger partial charge in [0.1, 0.15) is 5.15 Å². The number of hydrogen-bond acceptors (Lipinski definition) is 4. The lowest BCUT2D eigenvalue weighted by molar-refractivity contribution is -0.144. The first-order chi connectivity index (χ1) is 9.97. The molecule has 2 heterocycles. The van der Waals surface area contributed by atoms with Crippen molar-refractivity contribution < 1.29 is 19.4 Å². The second kappa shape index (κ2) is 6.41. The third-order valence-corrected chi connectivity index (χ3v) is 3.59. The van der Waals surface area contributed by atoms with Crippen LogP contribution < -0.4 is 5.32 Å². The molecule has 6 nitrogen and oxygen atoms in total. The predicted octanol–water partition coefficient (Wildman–Crippen LogP) is 1.66. The summed E-state index contributed by atoms with van der Waals surface area (Å²) < 4.78 is 5.11. The maximum atomic E-state index is 12.3. The number of amides is 1. The molecule has 0 aliphatic carbocycles. The summed E-state index contributed by atoms with van der Waals surface area (Å²) >= 11 is 5.91. The van der Waals surface area contributed by atoms with Crippen LogP contribution in [0.4, 0.5) is 0 Å². The third kappa shape index (κ3) is 3.51. The van der Waals surface area contributed by atoms with Crippen molar-refractivity contribution in [1.82, 2.24) is 10.3 Å². The van der Waals surface area contributed by atoms with Gasteiger partial charge in [-0.15, -0.1) is 0 Å². The standard InChI is InChI=1S/C14H17ClN2O4/c1-2-3-10-6-9(7-11(15)16-10)12(18)17-14(13(19)20)4-5-21-8-14/h6-7H,2-5,8H2,1H3,(H,17,18)(H,19,20). The van der Waals surface area contributed by atoms with Gasteiger partial charge < -0.3 is 15.2 Å². The van der Waals surface area contributed by atoms with Crippen LogP contribution in [-0.4, -0.2) is 40.7 Å². The fourth-order valence-corrected chi connectivity index (χ4v) is 2.47. The molecule has 0 radical (unpaired) electrons.